The van der Waals surface area contributed by atoms with E-state index >= 15 is 0 Å². The summed E-state index contributed by atoms with van der Waals surface area (Å²) in [4.78, 5) is 4.60. The minimum Gasteiger partial charge on any atom is -0.370 e. The molecule has 0 atom stereocenters. The third kappa shape index (κ3) is 5.96. The molecule has 2 rings (SSSR count). The van der Waals surface area contributed by atoms with Crippen LogP contribution in [-0.4, -0.2) is 11.0 Å². The molecule has 4 heteroatoms. The molecule has 1 heterocycles. The summed E-state index contributed by atoms with van der Waals surface area (Å²) in [5.74, 6) is 0. The van der Waals surface area contributed by atoms with Gasteiger partial charge in [0.05, 0.1) is 24.6 Å². The van der Waals surface area contributed by atoms with Crippen LogP contribution < -0.4 is 5.32 Å². The number of nitrogens with one attached hydrogen (secondary N) is 1. The molecule has 0 aliphatic carbocycles. The molecule has 0 aliphatic heterocycles. The summed E-state index contributed by atoms with van der Waals surface area (Å²) in [6.07, 6.45) is 0. The summed E-state index contributed by atoms with van der Waals surface area (Å²) >= 11 is 3.46. The molecule has 0 saturated heterocycles. The van der Waals surface area contributed by atoms with Gasteiger partial charge in [-0.05, 0) is 29.8 Å². The van der Waals surface area contributed by atoms with Gasteiger partial charge in [0.1, 0.15) is 0 Å². The number of rotatable bonds is 7. The lowest BCUT2D eigenvalue weighted by molar-refractivity contribution is 0.104. The van der Waals surface area contributed by atoms with Gasteiger partial charge in [0, 0.05) is 17.1 Å². The van der Waals surface area contributed by atoms with Crippen molar-refractivity contribution in [1.82, 2.24) is 10.3 Å². The van der Waals surface area contributed by atoms with E-state index in [-0.39, 0.29) is 0 Å². The number of ether oxygens (including phenoxy) is 1. The highest BCUT2D eigenvalue weighted by atomic mass is 79.9. The zero-order chi connectivity index (χ0) is 15.1. The SMILES string of the molecule is CC(C)NCc1cccc(COCc2cccc(Br)c2)n1. The van der Waals surface area contributed by atoms with Crippen LogP contribution in [-0.2, 0) is 24.5 Å². The quantitative estimate of drug-likeness (QED) is 0.819. The Labute approximate surface area is 134 Å². The van der Waals surface area contributed by atoms with Gasteiger partial charge in [-0.1, -0.05) is 48.0 Å². The zero-order valence-electron chi connectivity index (χ0n) is 12.5. The smallest absolute Gasteiger partial charge is 0.0892 e. The molecule has 0 amide bonds. The van der Waals surface area contributed by atoms with Crippen LogP contribution in [0.5, 0.6) is 0 Å². The molecule has 3 nitrogen and oxygen atoms in total. The summed E-state index contributed by atoms with van der Waals surface area (Å²) < 4.78 is 6.81. The summed E-state index contributed by atoms with van der Waals surface area (Å²) in [6, 6.07) is 14.7. The highest BCUT2D eigenvalue weighted by molar-refractivity contribution is 9.10. The molecule has 0 bridgehead atoms. The number of nitrogens with zero attached hydrogens (tertiary/aromatic N) is 1. The largest absolute Gasteiger partial charge is 0.370 e. The Bertz CT molecular complexity index is 572. The van der Waals surface area contributed by atoms with Gasteiger partial charge >= 0.3 is 0 Å². The monoisotopic (exact) mass is 348 g/mol. The van der Waals surface area contributed by atoms with Gasteiger partial charge in [0.25, 0.3) is 0 Å². The van der Waals surface area contributed by atoms with E-state index in [0.717, 1.165) is 28.0 Å². The van der Waals surface area contributed by atoms with Crippen molar-refractivity contribution in [2.45, 2.75) is 39.6 Å². The number of hydrogen-bond acceptors (Lipinski definition) is 3. The highest BCUT2D eigenvalue weighted by Crippen LogP contribution is 2.13. The Morgan fingerprint density at radius 3 is 2.62 bits per heavy atom. The fraction of sp³-hybridized carbons (Fsp3) is 0.353. The lowest BCUT2D eigenvalue weighted by atomic mass is 10.2. The van der Waals surface area contributed by atoms with Gasteiger partial charge in [-0.3, -0.25) is 4.98 Å². The second kappa shape index (κ2) is 8.27. The van der Waals surface area contributed by atoms with E-state index in [4.69, 9.17) is 4.74 Å². The molecule has 0 aliphatic rings. The average Bonchev–Trinajstić information content (AvgIpc) is 2.46. The van der Waals surface area contributed by atoms with Crippen LogP contribution in [0.4, 0.5) is 0 Å². The van der Waals surface area contributed by atoms with Crippen molar-refractivity contribution in [2.75, 3.05) is 0 Å². The van der Waals surface area contributed by atoms with Crippen molar-refractivity contribution in [3.63, 3.8) is 0 Å². The van der Waals surface area contributed by atoms with Crippen molar-refractivity contribution in [2.24, 2.45) is 0 Å². The number of hydrogen-bond donors (Lipinski definition) is 1. The summed E-state index contributed by atoms with van der Waals surface area (Å²) in [6.45, 7) is 6.17. The standard InChI is InChI=1S/C17H21BrN2O/c1-13(2)19-10-16-7-4-8-17(20-16)12-21-11-14-5-3-6-15(18)9-14/h3-9,13,19H,10-12H2,1-2H3. The normalized spacial score (nSPS) is 11.0. The molecule has 112 valence electrons. The number of pyridine rings is 1. The Balaban J connectivity index is 1.84. The lowest BCUT2D eigenvalue weighted by Crippen LogP contribution is -2.22. The molecule has 0 spiro atoms. The van der Waals surface area contributed by atoms with Crippen LogP contribution in [0, 0.1) is 0 Å². The van der Waals surface area contributed by atoms with Crippen LogP contribution >= 0.6 is 15.9 Å². The Morgan fingerprint density at radius 1 is 1.10 bits per heavy atom. The van der Waals surface area contributed by atoms with Crippen LogP contribution in [0.3, 0.4) is 0 Å². The van der Waals surface area contributed by atoms with Crippen LogP contribution in [0.1, 0.15) is 30.8 Å². The van der Waals surface area contributed by atoms with Crippen molar-refractivity contribution in [3.05, 3.63) is 63.9 Å². The van der Waals surface area contributed by atoms with Crippen molar-refractivity contribution >= 4 is 15.9 Å². The first-order valence-corrected chi connectivity index (χ1v) is 7.93. The molecule has 0 unspecified atom stereocenters. The van der Waals surface area contributed by atoms with E-state index in [0.29, 0.717) is 19.3 Å². The van der Waals surface area contributed by atoms with Gasteiger partial charge < -0.3 is 10.1 Å². The molecule has 1 N–H and O–H groups in total. The molecular weight excluding hydrogens is 328 g/mol. The third-order valence-electron chi connectivity index (χ3n) is 2.96. The molecule has 1 aromatic carbocycles. The van der Waals surface area contributed by atoms with Gasteiger partial charge in [0.15, 0.2) is 0 Å². The average molecular weight is 349 g/mol. The first-order valence-electron chi connectivity index (χ1n) is 7.14. The Kier molecular flexibility index (Phi) is 6.36. The third-order valence-corrected chi connectivity index (χ3v) is 3.46. The minimum atomic E-state index is 0.461. The maximum atomic E-state index is 5.74. The van der Waals surface area contributed by atoms with Crippen LogP contribution in [0.15, 0.2) is 46.9 Å². The molecule has 21 heavy (non-hydrogen) atoms. The molecule has 0 fully saturated rings. The van der Waals surface area contributed by atoms with Gasteiger partial charge in [-0.25, -0.2) is 0 Å². The molecule has 0 radical (unpaired) electrons. The summed E-state index contributed by atoms with van der Waals surface area (Å²) in [5, 5.41) is 3.37. The van der Waals surface area contributed by atoms with E-state index in [9.17, 15) is 0 Å². The summed E-state index contributed by atoms with van der Waals surface area (Å²) in [5.41, 5.74) is 3.17. The molecule has 1 aromatic heterocycles. The van der Waals surface area contributed by atoms with Crippen LogP contribution in [0.25, 0.3) is 0 Å². The number of aromatic nitrogens is 1. The maximum absolute atomic E-state index is 5.74. The maximum Gasteiger partial charge on any atom is 0.0892 e. The Hall–Kier alpha value is -1.23. The van der Waals surface area contributed by atoms with E-state index in [1.165, 1.54) is 0 Å². The number of halogens is 1. The van der Waals surface area contributed by atoms with E-state index in [1.807, 2.05) is 30.3 Å². The minimum absolute atomic E-state index is 0.461. The molecular formula is C17H21BrN2O. The van der Waals surface area contributed by atoms with E-state index in [2.05, 4.69) is 52.2 Å². The predicted octanol–water partition coefficient (Wildman–Crippen LogP) is 4.06. The Morgan fingerprint density at radius 2 is 1.86 bits per heavy atom. The zero-order valence-corrected chi connectivity index (χ0v) is 14.1. The van der Waals surface area contributed by atoms with Gasteiger partial charge in [-0.15, -0.1) is 0 Å². The van der Waals surface area contributed by atoms with E-state index < -0.39 is 0 Å². The second-order valence-corrected chi connectivity index (χ2v) is 6.19. The second-order valence-electron chi connectivity index (χ2n) is 5.28. The molecule has 0 saturated carbocycles. The lowest BCUT2D eigenvalue weighted by Gasteiger charge is -2.09. The van der Waals surface area contributed by atoms with Crippen molar-refractivity contribution < 1.29 is 4.74 Å². The predicted molar refractivity (Wildman–Crippen MR) is 88.8 cm³/mol. The fourth-order valence-corrected chi connectivity index (χ4v) is 2.36. The summed E-state index contributed by atoms with van der Waals surface area (Å²) in [7, 11) is 0. The number of benzene rings is 1. The fourth-order valence-electron chi connectivity index (χ4n) is 1.92. The van der Waals surface area contributed by atoms with Crippen molar-refractivity contribution in [3.8, 4) is 0 Å². The first-order chi connectivity index (χ1) is 10.1. The van der Waals surface area contributed by atoms with Crippen molar-refractivity contribution in [1.29, 1.82) is 0 Å². The van der Waals surface area contributed by atoms with E-state index in [1.54, 1.807) is 0 Å². The van der Waals surface area contributed by atoms with Crippen LogP contribution in [0.2, 0.25) is 0 Å². The van der Waals surface area contributed by atoms with Gasteiger partial charge in [-0.2, -0.15) is 0 Å². The molecule has 2 aromatic rings. The highest BCUT2D eigenvalue weighted by Gasteiger charge is 2.01. The first kappa shape index (κ1) is 16.1. The van der Waals surface area contributed by atoms with Gasteiger partial charge in [0.2, 0.25) is 0 Å². The topological polar surface area (TPSA) is 34.1 Å².